The normalized spacial score (nSPS) is 30.8. The summed E-state index contributed by atoms with van der Waals surface area (Å²) in [5.41, 5.74) is 0.874. The minimum Gasteiger partial charge on any atom is -0.385 e. The van der Waals surface area contributed by atoms with Gasteiger partial charge in [-0.05, 0) is 37.5 Å². The second-order valence-electron chi connectivity index (χ2n) is 4.88. The first-order valence-electron chi connectivity index (χ1n) is 6.07. The van der Waals surface area contributed by atoms with E-state index in [0.29, 0.717) is 18.1 Å². The van der Waals surface area contributed by atoms with Crippen molar-refractivity contribution >= 4 is 17.3 Å². The molecule has 2 fully saturated rings. The number of rotatable bonds is 3. The van der Waals surface area contributed by atoms with Crippen molar-refractivity contribution in [3.63, 3.8) is 0 Å². The molecule has 0 radical (unpaired) electrons. The third-order valence-electron chi connectivity index (χ3n) is 3.72. The molecule has 0 spiro atoms. The van der Waals surface area contributed by atoms with Crippen LogP contribution in [0.1, 0.15) is 19.3 Å². The zero-order valence-corrected chi connectivity index (χ0v) is 10.2. The average Bonchev–Trinajstić information content (AvgIpc) is 2.92. The fourth-order valence-electron chi connectivity index (χ4n) is 2.81. The van der Waals surface area contributed by atoms with Crippen molar-refractivity contribution in [1.29, 1.82) is 0 Å². The van der Waals surface area contributed by atoms with Crippen molar-refractivity contribution in [2.45, 2.75) is 31.5 Å². The average molecular weight is 256 g/mol. The molecule has 17 heavy (non-hydrogen) atoms. The molecule has 3 unspecified atom stereocenters. The number of benzene rings is 1. The first kappa shape index (κ1) is 11.3. The summed E-state index contributed by atoms with van der Waals surface area (Å²) in [5, 5.41) is 3.47. The molecule has 2 aliphatic rings. The maximum absolute atomic E-state index is 13.0. The molecule has 1 N–H and O–H groups in total. The summed E-state index contributed by atoms with van der Waals surface area (Å²) in [6.07, 6.45) is 4.43. The van der Waals surface area contributed by atoms with Gasteiger partial charge in [0.1, 0.15) is 5.82 Å². The van der Waals surface area contributed by atoms with Gasteiger partial charge in [0.2, 0.25) is 0 Å². The lowest BCUT2D eigenvalue weighted by atomic mass is 9.89. The quantitative estimate of drug-likeness (QED) is 0.893. The van der Waals surface area contributed by atoms with Gasteiger partial charge < -0.3 is 10.1 Å². The largest absolute Gasteiger partial charge is 0.385 e. The summed E-state index contributed by atoms with van der Waals surface area (Å²) in [7, 11) is 0. The van der Waals surface area contributed by atoms with Gasteiger partial charge in [-0.1, -0.05) is 11.6 Å². The molecule has 92 valence electrons. The van der Waals surface area contributed by atoms with Gasteiger partial charge in [-0.25, -0.2) is 4.39 Å². The predicted octanol–water partition coefficient (Wildman–Crippen LogP) is 3.46. The highest BCUT2D eigenvalue weighted by atomic mass is 35.5. The first-order valence-corrected chi connectivity index (χ1v) is 6.44. The fourth-order valence-corrected chi connectivity index (χ4v) is 2.99. The van der Waals surface area contributed by atoms with E-state index < -0.39 is 0 Å². The van der Waals surface area contributed by atoms with Crippen LogP contribution >= 0.6 is 11.6 Å². The number of hydrogen-bond acceptors (Lipinski definition) is 2. The van der Waals surface area contributed by atoms with Gasteiger partial charge in [-0.2, -0.15) is 0 Å². The zero-order valence-electron chi connectivity index (χ0n) is 9.46. The van der Waals surface area contributed by atoms with Crippen LogP contribution < -0.4 is 5.32 Å². The second kappa shape index (κ2) is 4.46. The molecule has 2 heterocycles. The highest BCUT2D eigenvalue weighted by molar-refractivity contribution is 6.31. The van der Waals surface area contributed by atoms with Crippen molar-refractivity contribution in [3.8, 4) is 0 Å². The van der Waals surface area contributed by atoms with Crippen LogP contribution in [0.25, 0.3) is 0 Å². The fraction of sp³-hybridized carbons (Fsp3) is 0.538. The molecule has 1 aromatic carbocycles. The van der Waals surface area contributed by atoms with Gasteiger partial charge in [0.25, 0.3) is 0 Å². The molecule has 2 aliphatic heterocycles. The van der Waals surface area contributed by atoms with E-state index >= 15 is 0 Å². The number of fused-ring (bicyclic) bond motifs is 2. The summed E-state index contributed by atoms with van der Waals surface area (Å²) in [6.45, 7) is 0.878. The van der Waals surface area contributed by atoms with Gasteiger partial charge in [0, 0.05) is 18.2 Å². The molecule has 2 nitrogen and oxygen atoms in total. The zero-order chi connectivity index (χ0) is 11.8. The smallest absolute Gasteiger partial charge is 0.141 e. The standard InChI is InChI=1S/C13H15ClFNO/c14-11-6-9(1-3-12(11)15)16-7-8-5-10-2-4-13(8)17-10/h1,3,6,8,10,13,16H,2,4-5,7H2. The van der Waals surface area contributed by atoms with E-state index in [9.17, 15) is 4.39 Å². The molecule has 3 rings (SSSR count). The summed E-state index contributed by atoms with van der Waals surface area (Å²) >= 11 is 5.73. The number of halogens is 2. The van der Waals surface area contributed by atoms with Crippen LogP contribution in [0.2, 0.25) is 5.02 Å². The van der Waals surface area contributed by atoms with Crippen molar-refractivity contribution < 1.29 is 9.13 Å². The summed E-state index contributed by atoms with van der Waals surface area (Å²) in [5.74, 6) is 0.207. The van der Waals surface area contributed by atoms with E-state index in [0.717, 1.165) is 18.7 Å². The van der Waals surface area contributed by atoms with Crippen LogP contribution in [0.5, 0.6) is 0 Å². The molecular weight excluding hydrogens is 241 g/mol. The van der Waals surface area contributed by atoms with Gasteiger partial charge >= 0.3 is 0 Å². The van der Waals surface area contributed by atoms with Crippen molar-refractivity contribution in [1.82, 2.24) is 0 Å². The second-order valence-corrected chi connectivity index (χ2v) is 5.29. The van der Waals surface area contributed by atoms with E-state index in [1.54, 1.807) is 12.1 Å². The van der Waals surface area contributed by atoms with Crippen LogP contribution in [0, 0.1) is 11.7 Å². The predicted molar refractivity (Wildman–Crippen MR) is 65.9 cm³/mol. The Morgan fingerprint density at radius 2 is 2.29 bits per heavy atom. The van der Waals surface area contributed by atoms with Crippen molar-refractivity contribution in [2.24, 2.45) is 5.92 Å². The van der Waals surface area contributed by atoms with Gasteiger partial charge in [-0.15, -0.1) is 0 Å². The van der Waals surface area contributed by atoms with Crippen molar-refractivity contribution in [2.75, 3.05) is 11.9 Å². The molecule has 0 aromatic heterocycles. The minimum atomic E-state index is -0.375. The Balaban J connectivity index is 1.59. The lowest BCUT2D eigenvalue weighted by Crippen LogP contribution is -2.24. The maximum atomic E-state index is 13.0. The Kier molecular flexibility index (Phi) is 2.97. The highest BCUT2D eigenvalue weighted by Crippen LogP contribution is 2.38. The molecule has 1 aromatic rings. The molecule has 0 amide bonds. The van der Waals surface area contributed by atoms with Crippen LogP contribution in [0.3, 0.4) is 0 Å². The van der Waals surface area contributed by atoms with Crippen molar-refractivity contribution in [3.05, 3.63) is 29.0 Å². The SMILES string of the molecule is Fc1ccc(NCC2CC3CCC2O3)cc1Cl. The summed E-state index contributed by atoms with van der Waals surface area (Å²) < 4.78 is 18.8. The molecule has 2 saturated heterocycles. The van der Waals surface area contributed by atoms with Crippen LogP contribution in [-0.2, 0) is 4.74 Å². The van der Waals surface area contributed by atoms with Gasteiger partial charge in [0.15, 0.2) is 0 Å². The number of anilines is 1. The Morgan fingerprint density at radius 1 is 1.41 bits per heavy atom. The third kappa shape index (κ3) is 2.26. The highest BCUT2D eigenvalue weighted by Gasteiger charge is 2.40. The Morgan fingerprint density at radius 3 is 2.94 bits per heavy atom. The maximum Gasteiger partial charge on any atom is 0.141 e. The van der Waals surface area contributed by atoms with Crippen LogP contribution in [-0.4, -0.2) is 18.8 Å². The van der Waals surface area contributed by atoms with Crippen LogP contribution in [0.15, 0.2) is 18.2 Å². The van der Waals surface area contributed by atoms with E-state index in [2.05, 4.69) is 5.32 Å². The summed E-state index contributed by atoms with van der Waals surface area (Å²) in [4.78, 5) is 0. The van der Waals surface area contributed by atoms with E-state index in [4.69, 9.17) is 16.3 Å². The topological polar surface area (TPSA) is 21.3 Å². The summed E-state index contributed by atoms with van der Waals surface area (Å²) in [6, 6.07) is 4.74. The lowest BCUT2D eigenvalue weighted by molar-refractivity contribution is 0.0941. The molecule has 2 bridgehead atoms. The Bertz CT molecular complexity index is 426. The molecule has 3 atom stereocenters. The number of ether oxygens (including phenoxy) is 1. The molecule has 0 saturated carbocycles. The minimum absolute atomic E-state index is 0.166. The third-order valence-corrected chi connectivity index (χ3v) is 4.01. The van der Waals surface area contributed by atoms with E-state index in [1.165, 1.54) is 18.9 Å². The van der Waals surface area contributed by atoms with Gasteiger partial charge in [0.05, 0.1) is 17.2 Å². The number of hydrogen-bond donors (Lipinski definition) is 1. The van der Waals surface area contributed by atoms with E-state index in [-0.39, 0.29) is 10.8 Å². The van der Waals surface area contributed by atoms with E-state index in [1.807, 2.05) is 0 Å². The number of nitrogens with one attached hydrogen (secondary N) is 1. The lowest BCUT2D eigenvalue weighted by Gasteiger charge is -2.19. The molecule has 0 aliphatic carbocycles. The molecule has 4 heteroatoms. The Labute approximate surface area is 105 Å². The first-order chi connectivity index (χ1) is 8.22. The molecular formula is C13H15ClFNO. The monoisotopic (exact) mass is 255 g/mol. The Hall–Kier alpha value is -0.800. The van der Waals surface area contributed by atoms with Crippen LogP contribution in [0.4, 0.5) is 10.1 Å². The van der Waals surface area contributed by atoms with Gasteiger partial charge in [-0.3, -0.25) is 0 Å².